The Morgan fingerprint density at radius 3 is 2.37 bits per heavy atom. The van der Waals surface area contributed by atoms with E-state index < -0.39 is 0 Å². The second-order valence-electron chi connectivity index (χ2n) is 7.54. The van der Waals surface area contributed by atoms with Crippen LogP contribution in [-0.2, 0) is 6.54 Å². The molecule has 4 nitrogen and oxygen atoms in total. The van der Waals surface area contributed by atoms with Crippen LogP contribution < -0.4 is 10.1 Å². The molecule has 0 saturated heterocycles. The molecule has 1 aliphatic rings. The van der Waals surface area contributed by atoms with Gasteiger partial charge in [-0.1, -0.05) is 30.3 Å². The topological polar surface area (TPSA) is 28.9 Å². The van der Waals surface area contributed by atoms with E-state index in [0.29, 0.717) is 11.7 Å². The molecule has 0 bridgehead atoms. The number of benzene rings is 2. The van der Waals surface area contributed by atoms with E-state index in [1.54, 1.807) is 7.11 Å². The van der Waals surface area contributed by atoms with Gasteiger partial charge >= 0.3 is 0 Å². The van der Waals surface area contributed by atoms with Crippen molar-refractivity contribution < 1.29 is 4.74 Å². The first-order chi connectivity index (χ1) is 13.1. The lowest BCUT2D eigenvalue weighted by Crippen LogP contribution is -2.39. The van der Waals surface area contributed by atoms with E-state index in [2.05, 4.69) is 41.3 Å². The molecule has 1 saturated carbocycles. The first-order valence-electron chi connectivity index (χ1n) is 9.65. The van der Waals surface area contributed by atoms with Gasteiger partial charge in [-0.3, -0.25) is 0 Å². The fourth-order valence-electron chi connectivity index (χ4n) is 3.86. The van der Waals surface area contributed by atoms with Gasteiger partial charge in [0.25, 0.3) is 0 Å². The van der Waals surface area contributed by atoms with Crippen molar-refractivity contribution >= 4 is 5.69 Å². The number of hydrogen-bond acceptors (Lipinski definition) is 3. The first kappa shape index (κ1) is 19.4. The van der Waals surface area contributed by atoms with Gasteiger partial charge in [-0.15, -0.1) is 0 Å². The SMILES string of the molecule is [C-]#[N+]c1ccc(-c2cc(CNC3CCC(N(C)C)CC3)ccc2OC)cc1. The summed E-state index contributed by atoms with van der Waals surface area (Å²) in [4.78, 5) is 5.82. The lowest BCUT2D eigenvalue weighted by Gasteiger charge is -2.33. The molecule has 27 heavy (non-hydrogen) atoms. The van der Waals surface area contributed by atoms with Gasteiger partial charge in [0.1, 0.15) is 5.75 Å². The molecule has 3 rings (SSSR count). The Morgan fingerprint density at radius 1 is 1.07 bits per heavy atom. The van der Waals surface area contributed by atoms with Crippen molar-refractivity contribution in [3.63, 3.8) is 0 Å². The van der Waals surface area contributed by atoms with Crippen LogP contribution in [0.4, 0.5) is 5.69 Å². The maximum atomic E-state index is 7.11. The van der Waals surface area contributed by atoms with E-state index in [-0.39, 0.29) is 0 Å². The number of rotatable bonds is 6. The van der Waals surface area contributed by atoms with Crippen molar-refractivity contribution in [2.75, 3.05) is 21.2 Å². The van der Waals surface area contributed by atoms with Crippen molar-refractivity contribution in [2.24, 2.45) is 0 Å². The Labute approximate surface area is 163 Å². The second kappa shape index (κ2) is 9.03. The lowest BCUT2D eigenvalue weighted by molar-refractivity contribution is 0.204. The van der Waals surface area contributed by atoms with Gasteiger partial charge in [0.2, 0.25) is 0 Å². The minimum Gasteiger partial charge on any atom is -0.496 e. The summed E-state index contributed by atoms with van der Waals surface area (Å²) in [5.74, 6) is 0.862. The standard InChI is InChI=1S/C23H29N3O/c1-24-19-8-6-18(7-9-19)22-15-17(5-14-23(22)27-4)16-25-20-10-12-21(13-11-20)26(2)3/h5-9,14-15,20-21,25H,10-13,16H2,2-4H3. The van der Waals surface area contributed by atoms with Crippen LogP contribution in [0, 0.1) is 6.57 Å². The molecule has 0 radical (unpaired) electrons. The van der Waals surface area contributed by atoms with Crippen LogP contribution >= 0.6 is 0 Å². The van der Waals surface area contributed by atoms with Crippen LogP contribution in [-0.4, -0.2) is 38.2 Å². The number of nitrogens with one attached hydrogen (secondary N) is 1. The third-order valence-electron chi connectivity index (χ3n) is 5.59. The molecule has 1 N–H and O–H groups in total. The fraction of sp³-hybridized carbons (Fsp3) is 0.435. The van der Waals surface area contributed by atoms with Crippen LogP contribution in [0.1, 0.15) is 31.2 Å². The molecular weight excluding hydrogens is 334 g/mol. The maximum Gasteiger partial charge on any atom is 0.187 e. The van der Waals surface area contributed by atoms with Gasteiger partial charge in [-0.25, -0.2) is 4.85 Å². The molecule has 0 amide bonds. The molecule has 0 atom stereocenters. The molecule has 0 heterocycles. The molecule has 4 heteroatoms. The fourth-order valence-corrected chi connectivity index (χ4v) is 3.86. The van der Waals surface area contributed by atoms with Crippen LogP contribution in [0.5, 0.6) is 5.75 Å². The Morgan fingerprint density at radius 2 is 1.78 bits per heavy atom. The highest BCUT2D eigenvalue weighted by molar-refractivity contribution is 5.72. The highest BCUT2D eigenvalue weighted by Crippen LogP contribution is 2.32. The smallest absolute Gasteiger partial charge is 0.187 e. The van der Waals surface area contributed by atoms with E-state index >= 15 is 0 Å². The van der Waals surface area contributed by atoms with Gasteiger partial charge in [-0.2, -0.15) is 0 Å². The highest BCUT2D eigenvalue weighted by Gasteiger charge is 2.22. The molecule has 2 aromatic rings. The lowest BCUT2D eigenvalue weighted by atomic mass is 9.90. The molecule has 0 unspecified atom stereocenters. The van der Waals surface area contributed by atoms with Crippen LogP contribution in [0.3, 0.4) is 0 Å². The van der Waals surface area contributed by atoms with Crippen molar-refractivity contribution in [2.45, 2.75) is 44.3 Å². The van der Waals surface area contributed by atoms with Gasteiger partial charge in [0.05, 0.1) is 13.7 Å². The number of hydrogen-bond donors (Lipinski definition) is 1. The third kappa shape index (κ3) is 4.88. The van der Waals surface area contributed by atoms with Crippen molar-refractivity contribution in [3.8, 4) is 16.9 Å². The van der Waals surface area contributed by atoms with Crippen molar-refractivity contribution in [3.05, 3.63) is 59.4 Å². The van der Waals surface area contributed by atoms with Gasteiger partial charge in [-0.05, 0) is 63.0 Å². The zero-order valence-electron chi connectivity index (χ0n) is 16.5. The van der Waals surface area contributed by atoms with Crippen LogP contribution in [0.15, 0.2) is 42.5 Å². The summed E-state index contributed by atoms with van der Waals surface area (Å²) in [6, 6.07) is 15.4. The van der Waals surface area contributed by atoms with Gasteiger partial charge < -0.3 is 15.0 Å². The molecular formula is C23H29N3O. The van der Waals surface area contributed by atoms with E-state index in [0.717, 1.165) is 29.5 Å². The van der Waals surface area contributed by atoms with E-state index in [4.69, 9.17) is 11.3 Å². The Kier molecular flexibility index (Phi) is 6.49. The molecule has 0 spiro atoms. The average Bonchev–Trinajstić information content (AvgIpc) is 2.72. The van der Waals surface area contributed by atoms with E-state index in [9.17, 15) is 0 Å². The Balaban J connectivity index is 1.67. The molecule has 2 aromatic carbocycles. The summed E-state index contributed by atoms with van der Waals surface area (Å²) in [6.45, 7) is 7.98. The number of nitrogens with zero attached hydrogens (tertiary/aromatic N) is 2. The van der Waals surface area contributed by atoms with Crippen molar-refractivity contribution in [1.29, 1.82) is 0 Å². The van der Waals surface area contributed by atoms with Crippen LogP contribution in [0.25, 0.3) is 16.0 Å². The zero-order valence-corrected chi connectivity index (χ0v) is 16.5. The summed E-state index contributed by atoms with van der Waals surface area (Å²) in [5, 5.41) is 3.73. The molecule has 0 aromatic heterocycles. The highest BCUT2D eigenvalue weighted by atomic mass is 16.5. The number of methoxy groups -OCH3 is 1. The predicted octanol–water partition coefficient (Wildman–Crippen LogP) is 4.88. The monoisotopic (exact) mass is 363 g/mol. The first-order valence-corrected chi connectivity index (χ1v) is 9.65. The Bertz CT molecular complexity index is 784. The predicted molar refractivity (Wildman–Crippen MR) is 111 cm³/mol. The van der Waals surface area contributed by atoms with Gasteiger partial charge in [0.15, 0.2) is 5.69 Å². The summed E-state index contributed by atoms with van der Waals surface area (Å²) in [6.07, 6.45) is 5.02. The zero-order chi connectivity index (χ0) is 19.2. The minimum absolute atomic E-state index is 0.602. The Hall–Kier alpha value is -2.35. The average molecular weight is 364 g/mol. The molecule has 1 fully saturated rings. The van der Waals surface area contributed by atoms with Gasteiger partial charge in [0, 0.05) is 24.2 Å². The summed E-state index contributed by atoms with van der Waals surface area (Å²) in [7, 11) is 6.07. The van der Waals surface area contributed by atoms with Crippen molar-refractivity contribution in [1.82, 2.24) is 10.2 Å². The quantitative estimate of drug-likeness (QED) is 0.742. The maximum absolute atomic E-state index is 7.11. The third-order valence-corrected chi connectivity index (χ3v) is 5.59. The number of ether oxygens (including phenoxy) is 1. The molecule has 1 aliphatic carbocycles. The summed E-state index contributed by atoms with van der Waals surface area (Å²) < 4.78 is 5.55. The largest absolute Gasteiger partial charge is 0.496 e. The van der Waals surface area contributed by atoms with E-state index in [1.165, 1.54) is 31.2 Å². The normalized spacial score (nSPS) is 19.7. The summed E-state index contributed by atoms with van der Waals surface area (Å²) >= 11 is 0. The molecule has 142 valence electrons. The molecule has 0 aliphatic heterocycles. The van der Waals surface area contributed by atoms with Crippen LogP contribution in [0.2, 0.25) is 0 Å². The minimum atomic E-state index is 0.602. The van der Waals surface area contributed by atoms with E-state index in [1.807, 2.05) is 30.3 Å². The second-order valence-corrected chi connectivity index (χ2v) is 7.54. The summed E-state index contributed by atoms with van der Waals surface area (Å²) in [5.41, 5.74) is 4.07.